The second-order valence-electron chi connectivity index (χ2n) is 4.93. The molecule has 2 rings (SSSR count). The van der Waals surface area contributed by atoms with Crippen LogP contribution in [0.25, 0.3) is 0 Å². The van der Waals surface area contributed by atoms with Crippen molar-refractivity contribution in [3.05, 3.63) is 23.8 Å². The highest BCUT2D eigenvalue weighted by Gasteiger charge is 2.34. The number of nitrogens with one attached hydrogen (secondary N) is 3. The number of hydrogen-bond acceptors (Lipinski definition) is 3. The van der Waals surface area contributed by atoms with Gasteiger partial charge in [-0.3, -0.25) is 0 Å². The number of benzene rings is 1. The third kappa shape index (κ3) is 4.27. The van der Waals surface area contributed by atoms with Crippen LogP contribution in [0.15, 0.2) is 18.2 Å². The number of urea groups is 1. The first-order valence-electron chi connectivity index (χ1n) is 7.02. The van der Waals surface area contributed by atoms with Crippen LogP contribution in [-0.4, -0.2) is 31.8 Å². The average molecular weight is 317 g/mol. The molecule has 0 radical (unpaired) electrons. The second-order valence-corrected chi connectivity index (χ2v) is 4.93. The monoisotopic (exact) mass is 317 g/mol. The molecule has 1 atom stereocenters. The molecule has 2 amide bonds. The molecule has 1 fully saturated rings. The normalized spacial score (nSPS) is 18.1. The van der Waals surface area contributed by atoms with Crippen molar-refractivity contribution in [3.63, 3.8) is 0 Å². The lowest BCUT2D eigenvalue weighted by molar-refractivity contribution is -0.138. The maximum absolute atomic E-state index is 13.0. The highest BCUT2D eigenvalue weighted by atomic mass is 19.4. The zero-order valence-electron chi connectivity index (χ0n) is 12.1. The highest BCUT2D eigenvalue weighted by Crippen LogP contribution is 2.37. The number of carbonyl (C=O) groups excluding carboxylic acids is 1. The van der Waals surface area contributed by atoms with Crippen LogP contribution in [0.1, 0.15) is 18.9 Å². The van der Waals surface area contributed by atoms with E-state index in [1.807, 2.05) is 0 Å². The van der Waals surface area contributed by atoms with Crippen molar-refractivity contribution >= 4 is 11.7 Å². The molecule has 0 bridgehead atoms. The van der Waals surface area contributed by atoms with Crippen molar-refractivity contribution in [1.29, 1.82) is 0 Å². The van der Waals surface area contributed by atoms with E-state index in [9.17, 15) is 18.0 Å². The van der Waals surface area contributed by atoms with Gasteiger partial charge in [-0.25, -0.2) is 4.79 Å². The Morgan fingerprint density at radius 2 is 2.23 bits per heavy atom. The van der Waals surface area contributed by atoms with Crippen molar-refractivity contribution in [3.8, 4) is 5.75 Å². The van der Waals surface area contributed by atoms with Crippen molar-refractivity contribution in [2.45, 2.75) is 25.6 Å². The SMILES string of the molecule is CCOc1ccc(NC(=O)N[C@@H]2CCNC2)cc1C(F)(F)F. The van der Waals surface area contributed by atoms with Crippen LogP contribution in [0.4, 0.5) is 23.7 Å². The van der Waals surface area contributed by atoms with Crippen LogP contribution in [0.5, 0.6) is 5.75 Å². The first-order valence-corrected chi connectivity index (χ1v) is 7.02. The Bertz CT molecular complexity index is 529. The van der Waals surface area contributed by atoms with Crippen molar-refractivity contribution in [2.24, 2.45) is 0 Å². The lowest BCUT2D eigenvalue weighted by Crippen LogP contribution is -2.39. The number of anilines is 1. The fourth-order valence-corrected chi connectivity index (χ4v) is 2.24. The summed E-state index contributed by atoms with van der Waals surface area (Å²) in [6.07, 6.45) is -3.75. The molecule has 0 saturated carbocycles. The van der Waals surface area contributed by atoms with Gasteiger partial charge >= 0.3 is 12.2 Å². The van der Waals surface area contributed by atoms with E-state index in [0.29, 0.717) is 6.54 Å². The fraction of sp³-hybridized carbons (Fsp3) is 0.500. The van der Waals surface area contributed by atoms with Gasteiger partial charge in [0.2, 0.25) is 0 Å². The molecule has 1 saturated heterocycles. The van der Waals surface area contributed by atoms with Gasteiger partial charge in [0.1, 0.15) is 5.75 Å². The Morgan fingerprint density at radius 1 is 1.45 bits per heavy atom. The highest BCUT2D eigenvalue weighted by molar-refractivity contribution is 5.89. The average Bonchev–Trinajstić information content (AvgIpc) is 2.92. The van der Waals surface area contributed by atoms with Crippen molar-refractivity contribution < 1.29 is 22.7 Å². The Hall–Kier alpha value is -1.96. The zero-order chi connectivity index (χ0) is 16.2. The van der Waals surface area contributed by atoms with E-state index in [1.54, 1.807) is 6.92 Å². The standard InChI is InChI=1S/C14H18F3N3O2/c1-2-22-12-4-3-9(7-11(12)14(15,16)17)19-13(21)20-10-5-6-18-8-10/h3-4,7,10,18H,2,5-6,8H2,1H3,(H2,19,20,21)/t10-/m1/s1. The summed E-state index contributed by atoms with van der Waals surface area (Å²) in [6.45, 7) is 3.21. The van der Waals surface area contributed by atoms with E-state index in [1.165, 1.54) is 12.1 Å². The molecule has 0 unspecified atom stereocenters. The predicted molar refractivity (Wildman–Crippen MR) is 76.0 cm³/mol. The van der Waals surface area contributed by atoms with Gasteiger partial charge in [0.05, 0.1) is 12.2 Å². The molecule has 1 aliphatic heterocycles. The molecule has 1 heterocycles. The van der Waals surface area contributed by atoms with E-state index in [-0.39, 0.29) is 24.1 Å². The maximum Gasteiger partial charge on any atom is 0.420 e. The molecule has 1 aromatic rings. The van der Waals surface area contributed by atoms with Gasteiger partial charge in [-0.2, -0.15) is 13.2 Å². The Labute approximate surface area is 126 Å². The molecule has 5 nitrogen and oxygen atoms in total. The maximum atomic E-state index is 13.0. The van der Waals surface area contributed by atoms with Crippen molar-refractivity contribution in [2.75, 3.05) is 25.0 Å². The third-order valence-corrected chi connectivity index (χ3v) is 3.24. The van der Waals surface area contributed by atoms with Gasteiger partial charge in [-0.1, -0.05) is 0 Å². The van der Waals surface area contributed by atoms with Crippen LogP contribution in [0, 0.1) is 0 Å². The molecule has 8 heteroatoms. The minimum atomic E-state index is -4.55. The van der Waals surface area contributed by atoms with Gasteiger partial charge in [0.15, 0.2) is 0 Å². The topological polar surface area (TPSA) is 62.4 Å². The predicted octanol–water partition coefficient (Wildman–Crippen LogP) is 2.59. The van der Waals surface area contributed by atoms with E-state index >= 15 is 0 Å². The second kappa shape index (κ2) is 6.87. The number of alkyl halides is 3. The lowest BCUT2D eigenvalue weighted by Gasteiger charge is -2.16. The van der Waals surface area contributed by atoms with Crippen LogP contribution in [0.3, 0.4) is 0 Å². The number of amides is 2. The number of halogens is 3. The van der Waals surface area contributed by atoms with Gasteiger partial charge in [-0.05, 0) is 38.1 Å². The number of ether oxygens (including phenoxy) is 1. The Balaban J connectivity index is 2.08. The number of hydrogen-bond donors (Lipinski definition) is 3. The first kappa shape index (κ1) is 16.4. The minimum Gasteiger partial charge on any atom is -0.493 e. The molecule has 1 aliphatic rings. The van der Waals surface area contributed by atoms with E-state index in [4.69, 9.17) is 4.74 Å². The molecular weight excluding hydrogens is 299 g/mol. The molecule has 22 heavy (non-hydrogen) atoms. The smallest absolute Gasteiger partial charge is 0.420 e. The summed E-state index contributed by atoms with van der Waals surface area (Å²) < 4.78 is 44.0. The largest absolute Gasteiger partial charge is 0.493 e. The summed E-state index contributed by atoms with van der Waals surface area (Å²) in [5.41, 5.74) is -0.839. The molecule has 3 N–H and O–H groups in total. The molecular formula is C14H18F3N3O2. The Morgan fingerprint density at radius 3 is 2.82 bits per heavy atom. The van der Waals surface area contributed by atoms with Gasteiger partial charge in [0.25, 0.3) is 0 Å². The first-order chi connectivity index (χ1) is 10.4. The molecule has 0 aromatic heterocycles. The van der Waals surface area contributed by atoms with Crippen LogP contribution in [-0.2, 0) is 6.18 Å². The fourth-order valence-electron chi connectivity index (χ4n) is 2.24. The van der Waals surface area contributed by atoms with Gasteiger partial charge in [-0.15, -0.1) is 0 Å². The van der Waals surface area contributed by atoms with Gasteiger partial charge in [0, 0.05) is 18.3 Å². The number of carbonyl (C=O) groups is 1. The third-order valence-electron chi connectivity index (χ3n) is 3.24. The summed E-state index contributed by atoms with van der Waals surface area (Å²) in [5, 5.41) is 8.20. The summed E-state index contributed by atoms with van der Waals surface area (Å²) in [6, 6.07) is 2.93. The number of rotatable bonds is 4. The van der Waals surface area contributed by atoms with Crippen LogP contribution in [0.2, 0.25) is 0 Å². The van der Waals surface area contributed by atoms with Crippen molar-refractivity contribution in [1.82, 2.24) is 10.6 Å². The minimum absolute atomic E-state index is 0.00946. The molecule has 0 spiro atoms. The lowest BCUT2D eigenvalue weighted by atomic mass is 10.1. The van der Waals surface area contributed by atoms with Crippen LogP contribution < -0.4 is 20.7 Å². The summed E-state index contributed by atoms with van der Waals surface area (Å²) in [5.74, 6) is -0.249. The molecule has 122 valence electrons. The van der Waals surface area contributed by atoms with Gasteiger partial charge < -0.3 is 20.7 Å². The Kier molecular flexibility index (Phi) is 5.12. The zero-order valence-corrected chi connectivity index (χ0v) is 12.1. The quantitative estimate of drug-likeness (QED) is 0.800. The van der Waals surface area contributed by atoms with E-state index in [0.717, 1.165) is 19.0 Å². The molecule has 1 aromatic carbocycles. The summed E-state index contributed by atoms with van der Waals surface area (Å²) in [4.78, 5) is 11.8. The van der Waals surface area contributed by atoms with E-state index in [2.05, 4.69) is 16.0 Å². The summed E-state index contributed by atoms with van der Waals surface area (Å²) in [7, 11) is 0. The molecule has 0 aliphatic carbocycles. The van der Waals surface area contributed by atoms with E-state index < -0.39 is 17.8 Å². The van der Waals surface area contributed by atoms with Crippen LogP contribution >= 0.6 is 0 Å². The summed E-state index contributed by atoms with van der Waals surface area (Å²) >= 11 is 0.